The number of anilines is 3. The Hall–Kier alpha value is -7.04. The first-order valence-corrected chi connectivity index (χ1v) is 29.0. The minimum absolute atomic E-state index is 0.00242. The smallest absolute Gasteiger partial charge is 0.251 e. The molecular formula is C74H80BN3. The number of aryl methyl sites for hydroxylation is 2. The SMILES string of the molecule is Cc1ccc(N2C3=CC(n4c5ccccc5c5ccccc54)C(C)C4=C3B(C3=C2CC(C)C(C(C)(C)C)=C3)c2cc(C(C)(C)C)ccc2N4c2ccc(C)cc2-c2ccc(C(C)(C)C)cc2)c(-c2ccc(C(C)(C)C)cc2)c1. The molecule has 3 heterocycles. The van der Waals surface area contributed by atoms with Gasteiger partial charge in [0.1, 0.15) is 0 Å². The summed E-state index contributed by atoms with van der Waals surface area (Å²) in [4.78, 5) is 5.54. The quantitative estimate of drug-likeness (QED) is 0.159. The fourth-order valence-electron chi connectivity index (χ4n) is 13.9. The second-order valence-corrected chi connectivity index (χ2v) is 27.7. The summed E-state index contributed by atoms with van der Waals surface area (Å²) in [5, 5.41) is 2.59. The second-order valence-electron chi connectivity index (χ2n) is 27.7. The summed E-state index contributed by atoms with van der Waals surface area (Å²) in [5.74, 6) is 0.381. The van der Waals surface area contributed by atoms with Crippen LogP contribution in [0.2, 0.25) is 0 Å². The van der Waals surface area contributed by atoms with Crippen molar-refractivity contribution in [1.82, 2.24) is 4.57 Å². The van der Waals surface area contributed by atoms with Gasteiger partial charge in [-0.05, 0) is 141 Å². The summed E-state index contributed by atoms with van der Waals surface area (Å²) in [6.07, 6.45) is 6.35. The average Bonchev–Trinajstić information content (AvgIpc) is 2.71. The molecule has 0 radical (unpaired) electrons. The van der Waals surface area contributed by atoms with Crippen LogP contribution in [-0.4, -0.2) is 11.3 Å². The average molecular weight is 1020 g/mol. The summed E-state index contributed by atoms with van der Waals surface area (Å²) in [6.45, 7) is 37.8. The van der Waals surface area contributed by atoms with Crippen molar-refractivity contribution in [1.29, 1.82) is 0 Å². The molecule has 0 amide bonds. The Bertz CT molecular complexity index is 3810. The van der Waals surface area contributed by atoms with Crippen LogP contribution in [0, 0.1) is 31.1 Å². The van der Waals surface area contributed by atoms with Gasteiger partial charge in [-0.3, -0.25) is 0 Å². The van der Waals surface area contributed by atoms with E-state index in [1.807, 2.05) is 0 Å². The molecule has 4 heteroatoms. The number of rotatable bonds is 5. The van der Waals surface area contributed by atoms with E-state index in [9.17, 15) is 0 Å². The standard InChI is InChI=1S/C74H80BN3/c1-45-25-36-63(56(39-45)49-27-31-51(32-28-49)71(5,6)7)77-67-41-47(3)58(74(14,15)16)43-60(67)75-59-42-53(73(11,12)13)35-38-65(59)78(64-37-26-46(2)40-57(64)50-29-33-52(34-30-50)72(8,9)10)70-48(4)66(44-68(77)69(70)75)76-61-23-19-17-21-54(61)55-22-18-20-24-62(55)76/h17-40,42-44,47-48,66H,41H2,1-16H3. The number of fused-ring (bicyclic) bond motifs is 6. The third kappa shape index (κ3) is 8.47. The molecule has 12 rings (SSSR count). The van der Waals surface area contributed by atoms with Crippen molar-refractivity contribution in [3.05, 3.63) is 225 Å². The van der Waals surface area contributed by atoms with Crippen LogP contribution >= 0.6 is 0 Å². The molecule has 2 aliphatic heterocycles. The van der Waals surface area contributed by atoms with Gasteiger partial charge >= 0.3 is 0 Å². The summed E-state index contributed by atoms with van der Waals surface area (Å²) in [6, 6.07) is 59.1. The maximum absolute atomic E-state index is 2.78. The minimum atomic E-state index is -0.0662. The number of aromatic nitrogens is 1. The molecule has 8 aromatic rings. The highest BCUT2D eigenvalue weighted by Gasteiger charge is 2.52. The van der Waals surface area contributed by atoms with Gasteiger partial charge in [0.2, 0.25) is 0 Å². The van der Waals surface area contributed by atoms with Crippen molar-refractivity contribution in [3.63, 3.8) is 0 Å². The van der Waals surface area contributed by atoms with Crippen molar-refractivity contribution >= 4 is 51.0 Å². The Morgan fingerprint density at radius 3 is 1.46 bits per heavy atom. The van der Waals surface area contributed by atoms with Crippen molar-refractivity contribution in [3.8, 4) is 22.3 Å². The van der Waals surface area contributed by atoms with Crippen LogP contribution in [-0.2, 0) is 16.2 Å². The second kappa shape index (κ2) is 18.3. The maximum Gasteiger partial charge on any atom is 0.251 e. The van der Waals surface area contributed by atoms with E-state index in [1.54, 1.807) is 0 Å². The van der Waals surface area contributed by atoms with Crippen molar-refractivity contribution < 1.29 is 0 Å². The first kappa shape index (κ1) is 51.7. The van der Waals surface area contributed by atoms with E-state index < -0.39 is 0 Å². The minimum Gasteiger partial charge on any atom is -0.333 e. The van der Waals surface area contributed by atoms with Gasteiger partial charge in [-0.1, -0.05) is 229 Å². The van der Waals surface area contributed by atoms with Crippen LogP contribution in [0.4, 0.5) is 17.1 Å². The molecule has 0 saturated carbocycles. The topological polar surface area (TPSA) is 11.4 Å². The molecule has 0 spiro atoms. The van der Waals surface area contributed by atoms with Crippen LogP contribution in [0.25, 0.3) is 44.1 Å². The zero-order valence-corrected chi connectivity index (χ0v) is 49.4. The zero-order chi connectivity index (χ0) is 55.1. The van der Waals surface area contributed by atoms with E-state index in [2.05, 4.69) is 289 Å². The summed E-state index contributed by atoms with van der Waals surface area (Å²) in [5.41, 5.74) is 27.7. The first-order chi connectivity index (χ1) is 36.9. The molecular weight excluding hydrogens is 942 g/mol. The van der Waals surface area contributed by atoms with Gasteiger partial charge in [0.05, 0.1) is 17.4 Å². The highest BCUT2D eigenvalue weighted by molar-refractivity contribution is 6.89. The lowest BCUT2D eigenvalue weighted by Crippen LogP contribution is -2.54. The van der Waals surface area contributed by atoms with Gasteiger partial charge in [0.25, 0.3) is 6.71 Å². The van der Waals surface area contributed by atoms with E-state index >= 15 is 0 Å². The lowest BCUT2D eigenvalue weighted by Gasteiger charge is -2.53. The van der Waals surface area contributed by atoms with Crippen molar-refractivity contribution in [2.75, 3.05) is 9.80 Å². The van der Waals surface area contributed by atoms with Crippen LogP contribution in [0.15, 0.2) is 197 Å². The number of hydrogen-bond acceptors (Lipinski definition) is 2. The van der Waals surface area contributed by atoms with E-state index in [1.165, 1.54) is 128 Å². The number of allylic oxidation sites excluding steroid dienone is 7. The van der Waals surface area contributed by atoms with E-state index in [0.717, 1.165) is 6.42 Å². The van der Waals surface area contributed by atoms with Gasteiger partial charge in [0, 0.05) is 61.6 Å². The third-order valence-electron chi connectivity index (χ3n) is 18.0. The Kier molecular flexibility index (Phi) is 12.1. The van der Waals surface area contributed by atoms with Crippen molar-refractivity contribution in [2.24, 2.45) is 17.3 Å². The molecule has 2 aliphatic carbocycles. The van der Waals surface area contributed by atoms with Crippen molar-refractivity contribution in [2.45, 2.75) is 139 Å². The molecule has 3 unspecified atom stereocenters. The lowest BCUT2D eigenvalue weighted by atomic mass is 9.30. The molecule has 4 aliphatic rings. The normalized spacial score (nSPS) is 18.8. The van der Waals surface area contributed by atoms with Crippen LogP contribution < -0.4 is 15.3 Å². The number of benzene rings is 7. The molecule has 3 nitrogen and oxygen atoms in total. The Labute approximate surface area is 467 Å². The largest absolute Gasteiger partial charge is 0.333 e. The van der Waals surface area contributed by atoms with Crippen LogP contribution in [0.1, 0.15) is 137 Å². The van der Waals surface area contributed by atoms with Gasteiger partial charge in [0.15, 0.2) is 0 Å². The Balaban J connectivity index is 1.24. The molecule has 7 aromatic carbocycles. The highest BCUT2D eigenvalue weighted by Crippen LogP contribution is 2.58. The highest BCUT2D eigenvalue weighted by atomic mass is 15.2. The van der Waals surface area contributed by atoms with Crippen LogP contribution in [0.3, 0.4) is 0 Å². The predicted molar refractivity (Wildman–Crippen MR) is 337 cm³/mol. The summed E-state index contributed by atoms with van der Waals surface area (Å²) in [7, 11) is 0. The molecule has 394 valence electrons. The number of nitrogens with zero attached hydrogens (tertiary/aromatic N) is 3. The van der Waals surface area contributed by atoms with Gasteiger partial charge in [-0.15, -0.1) is 0 Å². The Morgan fingerprint density at radius 2 is 0.962 bits per heavy atom. The maximum atomic E-state index is 2.78. The first-order valence-electron chi connectivity index (χ1n) is 29.0. The fourth-order valence-corrected chi connectivity index (χ4v) is 13.9. The summed E-state index contributed by atoms with van der Waals surface area (Å²) < 4.78 is 2.70. The molecule has 78 heavy (non-hydrogen) atoms. The zero-order valence-electron chi connectivity index (χ0n) is 49.4. The number of para-hydroxylation sites is 2. The third-order valence-corrected chi connectivity index (χ3v) is 18.0. The lowest BCUT2D eigenvalue weighted by molar-refractivity contribution is 0.426. The number of hydrogen-bond donors (Lipinski definition) is 0. The molecule has 0 saturated heterocycles. The van der Waals surface area contributed by atoms with Gasteiger partial charge in [-0.2, -0.15) is 0 Å². The molecule has 0 N–H and O–H groups in total. The van der Waals surface area contributed by atoms with E-state index in [-0.39, 0.29) is 40.3 Å². The molecule has 3 atom stereocenters. The summed E-state index contributed by atoms with van der Waals surface area (Å²) >= 11 is 0. The van der Waals surface area contributed by atoms with E-state index in [4.69, 9.17) is 0 Å². The van der Waals surface area contributed by atoms with Gasteiger partial charge in [-0.25, -0.2) is 0 Å². The van der Waals surface area contributed by atoms with Crippen LogP contribution in [0.5, 0.6) is 0 Å². The fraction of sp³-hybridized carbons (Fsp3) is 0.324. The monoisotopic (exact) mass is 1020 g/mol. The predicted octanol–water partition coefficient (Wildman–Crippen LogP) is 19.4. The molecule has 1 aromatic heterocycles. The molecule has 0 fully saturated rings. The van der Waals surface area contributed by atoms with Gasteiger partial charge < -0.3 is 14.4 Å². The Morgan fingerprint density at radius 1 is 0.487 bits per heavy atom. The molecule has 0 bridgehead atoms. The van der Waals surface area contributed by atoms with E-state index in [0.29, 0.717) is 5.92 Å².